The van der Waals surface area contributed by atoms with Crippen LogP contribution in [0.4, 0.5) is 22.7 Å². The number of hydrogen-bond donors (Lipinski definition) is 0. The van der Waals surface area contributed by atoms with Gasteiger partial charge >= 0.3 is 0 Å². The van der Waals surface area contributed by atoms with Crippen LogP contribution in [0.5, 0.6) is 0 Å². The predicted molar refractivity (Wildman–Crippen MR) is 265 cm³/mol. The summed E-state index contributed by atoms with van der Waals surface area (Å²) in [4.78, 5) is 7.79. The van der Waals surface area contributed by atoms with E-state index in [0.717, 1.165) is 78.7 Å². The fraction of sp³-hybridized carbons (Fsp3) is 0.0328. The van der Waals surface area contributed by atoms with Gasteiger partial charge in [0.05, 0.1) is 22.5 Å². The van der Waals surface area contributed by atoms with Gasteiger partial charge in [-0.2, -0.15) is 0 Å². The summed E-state index contributed by atoms with van der Waals surface area (Å²) in [5, 5.41) is 4.45. The van der Waals surface area contributed by atoms with Crippen LogP contribution in [-0.4, -0.2) is 5.71 Å². The first-order chi connectivity index (χ1) is 31.7. The number of anilines is 3. The van der Waals surface area contributed by atoms with E-state index in [4.69, 9.17) is 9.41 Å². The Bertz CT molecular complexity index is 3590. The first-order valence-electron chi connectivity index (χ1n) is 22.1. The molecule has 1 aromatic heterocycles. The smallest absolute Gasteiger partial charge is 0.143 e. The van der Waals surface area contributed by atoms with Crippen LogP contribution in [0.1, 0.15) is 33.4 Å². The van der Waals surface area contributed by atoms with Crippen LogP contribution >= 0.6 is 0 Å². The monoisotopic (exact) mass is 816 g/mol. The standard InChI is InChI=1S/C61H40N2O/c1-4-16-40(17-5-1)41-28-31-46(32-29-41)63(47-33-35-55-51(37-47)49-25-13-14-26-54(49)61(55,44-20-6-2-7-21-44)45-22-8-3-9-23-45)58-39-59-52(38-53(58)57-36-43-19-11-15-27-56(43)62-57)50-34-30-42-18-10-12-24-48(42)60(50)64-59/h1-35,37-39H,36H2. The van der Waals surface area contributed by atoms with E-state index in [1.54, 1.807) is 0 Å². The SMILES string of the molecule is c1ccc(-c2ccc(N(c3ccc4c(c3)-c3ccccc3C4(c3ccccc3)c3ccccc3)c3cc4oc5c6ccccc6ccc5c4cc3C3=Nc4ccccc4C3)cc2)cc1. The number of aliphatic imine (C=N–C) groups is 1. The molecule has 13 rings (SSSR count). The first kappa shape index (κ1) is 36.4. The van der Waals surface area contributed by atoms with E-state index in [0.29, 0.717) is 0 Å². The minimum Gasteiger partial charge on any atom is -0.455 e. The van der Waals surface area contributed by atoms with E-state index in [9.17, 15) is 0 Å². The van der Waals surface area contributed by atoms with Crippen molar-refractivity contribution in [3.8, 4) is 22.3 Å². The van der Waals surface area contributed by atoms with Crippen LogP contribution in [0.25, 0.3) is 55.0 Å². The normalized spacial score (nSPS) is 13.5. The lowest BCUT2D eigenvalue weighted by molar-refractivity contribution is 0.672. The molecule has 3 heteroatoms. The lowest BCUT2D eigenvalue weighted by Crippen LogP contribution is -2.28. The highest BCUT2D eigenvalue weighted by molar-refractivity contribution is 6.19. The largest absolute Gasteiger partial charge is 0.455 e. The molecule has 11 aromatic rings. The van der Waals surface area contributed by atoms with Crippen molar-refractivity contribution in [2.45, 2.75) is 11.8 Å². The van der Waals surface area contributed by atoms with Gasteiger partial charge in [-0.15, -0.1) is 0 Å². The highest BCUT2D eigenvalue weighted by atomic mass is 16.3. The van der Waals surface area contributed by atoms with E-state index in [2.05, 4.69) is 235 Å². The molecule has 300 valence electrons. The highest BCUT2D eigenvalue weighted by Gasteiger charge is 2.46. The lowest BCUT2D eigenvalue weighted by Gasteiger charge is -2.34. The molecule has 0 amide bonds. The molecule has 1 aliphatic carbocycles. The second-order valence-corrected chi connectivity index (χ2v) is 17.0. The Morgan fingerprint density at radius 1 is 0.438 bits per heavy atom. The zero-order valence-corrected chi connectivity index (χ0v) is 34.9. The average molecular weight is 817 g/mol. The maximum Gasteiger partial charge on any atom is 0.143 e. The fourth-order valence-electron chi connectivity index (χ4n) is 10.7. The van der Waals surface area contributed by atoms with Crippen LogP contribution < -0.4 is 4.90 Å². The Hall–Kier alpha value is -8.27. The first-order valence-corrected chi connectivity index (χ1v) is 22.1. The maximum atomic E-state index is 6.96. The van der Waals surface area contributed by atoms with Crippen LogP contribution in [0.3, 0.4) is 0 Å². The number of benzene rings is 10. The molecule has 0 spiro atoms. The number of fused-ring (bicyclic) bond motifs is 9. The van der Waals surface area contributed by atoms with Gasteiger partial charge in [0, 0.05) is 45.6 Å². The van der Waals surface area contributed by atoms with Crippen LogP contribution in [0, 0.1) is 0 Å². The summed E-state index contributed by atoms with van der Waals surface area (Å²) in [6.07, 6.45) is 0.739. The minimum atomic E-state index is -0.499. The van der Waals surface area contributed by atoms with Gasteiger partial charge in [-0.3, -0.25) is 4.99 Å². The molecule has 0 fully saturated rings. The Balaban J connectivity index is 1.09. The minimum absolute atomic E-state index is 0.499. The molecule has 10 aromatic carbocycles. The Labute approximate surface area is 371 Å². The van der Waals surface area contributed by atoms with Crippen molar-refractivity contribution >= 4 is 61.2 Å². The molecule has 1 aliphatic heterocycles. The number of rotatable bonds is 7. The molecule has 0 N–H and O–H groups in total. The van der Waals surface area contributed by atoms with Crippen molar-refractivity contribution in [1.29, 1.82) is 0 Å². The molecule has 0 saturated heterocycles. The summed E-state index contributed by atoms with van der Waals surface area (Å²) in [6, 6.07) is 83.7. The molecule has 64 heavy (non-hydrogen) atoms. The van der Waals surface area contributed by atoms with E-state index in [-0.39, 0.29) is 0 Å². The van der Waals surface area contributed by atoms with E-state index in [1.165, 1.54) is 44.5 Å². The van der Waals surface area contributed by atoms with Gasteiger partial charge in [0.25, 0.3) is 0 Å². The molecule has 2 heterocycles. The molecule has 3 nitrogen and oxygen atoms in total. The molecular weight excluding hydrogens is 777 g/mol. The van der Waals surface area contributed by atoms with Gasteiger partial charge in [0.1, 0.15) is 11.2 Å². The van der Waals surface area contributed by atoms with Gasteiger partial charge in [-0.25, -0.2) is 0 Å². The van der Waals surface area contributed by atoms with Crippen molar-refractivity contribution in [3.63, 3.8) is 0 Å². The molecule has 0 radical (unpaired) electrons. The summed E-state index contributed by atoms with van der Waals surface area (Å²) in [5.74, 6) is 0. The highest BCUT2D eigenvalue weighted by Crippen LogP contribution is 2.57. The third-order valence-corrected chi connectivity index (χ3v) is 13.6. The number of hydrogen-bond acceptors (Lipinski definition) is 3. The third kappa shape index (κ3) is 5.51. The summed E-state index contributed by atoms with van der Waals surface area (Å²) in [7, 11) is 0. The maximum absolute atomic E-state index is 6.96. The third-order valence-electron chi connectivity index (χ3n) is 13.6. The van der Waals surface area contributed by atoms with Crippen LogP contribution in [0.15, 0.2) is 240 Å². The second kappa shape index (κ2) is 14.4. The van der Waals surface area contributed by atoms with E-state index in [1.807, 2.05) is 0 Å². The lowest BCUT2D eigenvalue weighted by atomic mass is 9.68. The Morgan fingerprint density at radius 2 is 1.08 bits per heavy atom. The van der Waals surface area contributed by atoms with Crippen LogP contribution in [0.2, 0.25) is 0 Å². The van der Waals surface area contributed by atoms with Gasteiger partial charge in [0.2, 0.25) is 0 Å². The number of para-hydroxylation sites is 1. The summed E-state index contributed by atoms with van der Waals surface area (Å²) >= 11 is 0. The zero-order chi connectivity index (χ0) is 42.2. The van der Waals surface area contributed by atoms with Crippen molar-refractivity contribution in [2.24, 2.45) is 4.99 Å². The van der Waals surface area contributed by atoms with Crippen molar-refractivity contribution in [1.82, 2.24) is 0 Å². The fourth-order valence-corrected chi connectivity index (χ4v) is 10.7. The van der Waals surface area contributed by atoms with Gasteiger partial charge < -0.3 is 9.32 Å². The number of nitrogens with zero attached hydrogens (tertiary/aromatic N) is 2. The Kier molecular flexibility index (Phi) is 8.19. The summed E-state index contributed by atoms with van der Waals surface area (Å²) in [6.45, 7) is 0. The molecule has 0 unspecified atom stereocenters. The number of furan rings is 1. The summed E-state index contributed by atoms with van der Waals surface area (Å²) in [5.41, 5.74) is 18.6. The predicted octanol–water partition coefficient (Wildman–Crippen LogP) is 15.9. The molecular formula is C61H40N2O. The van der Waals surface area contributed by atoms with Crippen molar-refractivity contribution < 1.29 is 4.42 Å². The zero-order valence-electron chi connectivity index (χ0n) is 34.9. The van der Waals surface area contributed by atoms with Crippen LogP contribution in [-0.2, 0) is 11.8 Å². The molecule has 0 bridgehead atoms. The average Bonchev–Trinajstić information content (AvgIpc) is 4.06. The van der Waals surface area contributed by atoms with Gasteiger partial charge in [-0.05, 0) is 97.9 Å². The molecule has 2 aliphatic rings. The van der Waals surface area contributed by atoms with E-state index < -0.39 is 5.41 Å². The second-order valence-electron chi connectivity index (χ2n) is 17.0. The van der Waals surface area contributed by atoms with E-state index >= 15 is 0 Å². The molecule has 0 atom stereocenters. The Morgan fingerprint density at radius 3 is 1.86 bits per heavy atom. The quantitative estimate of drug-likeness (QED) is 0.160. The van der Waals surface area contributed by atoms with Crippen molar-refractivity contribution in [3.05, 3.63) is 264 Å². The topological polar surface area (TPSA) is 28.7 Å². The van der Waals surface area contributed by atoms with Crippen molar-refractivity contribution in [2.75, 3.05) is 4.90 Å². The van der Waals surface area contributed by atoms with Gasteiger partial charge in [-0.1, -0.05) is 182 Å². The molecule has 0 saturated carbocycles. The van der Waals surface area contributed by atoms with Gasteiger partial charge in [0.15, 0.2) is 0 Å². The summed E-state index contributed by atoms with van der Waals surface area (Å²) < 4.78 is 6.96.